The molecule has 0 atom stereocenters. The van der Waals surface area contributed by atoms with E-state index in [0.29, 0.717) is 19.2 Å². The van der Waals surface area contributed by atoms with Crippen molar-refractivity contribution in [3.05, 3.63) is 0 Å². The van der Waals surface area contributed by atoms with Gasteiger partial charge in [0.25, 0.3) is 0 Å². The SMILES string of the molecule is CC.CC.CC(=O)NCCOCCN1CCC(N)CC1.[HH].[HH]. The Morgan fingerprint density at radius 1 is 1.25 bits per heavy atom. The van der Waals surface area contributed by atoms with E-state index < -0.39 is 0 Å². The van der Waals surface area contributed by atoms with Crippen molar-refractivity contribution in [3.8, 4) is 0 Å². The van der Waals surface area contributed by atoms with Gasteiger partial charge in [-0.1, -0.05) is 27.7 Å². The van der Waals surface area contributed by atoms with Gasteiger partial charge in [0.05, 0.1) is 13.2 Å². The summed E-state index contributed by atoms with van der Waals surface area (Å²) in [4.78, 5) is 12.9. The maximum atomic E-state index is 10.6. The number of amides is 1. The first-order valence-electron chi connectivity index (χ1n) is 7.98. The van der Waals surface area contributed by atoms with Crippen LogP contribution in [0.5, 0.6) is 0 Å². The molecular weight excluding hydrogens is 254 g/mol. The second-order valence-corrected chi connectivity index (χ2v) is 4.27. The van der Waals surface area contributed by atoms with Crippen molar-refractivity contribution in [3.63, 3.8) is 0 Å². The quantitative estimate of drug-likeness (QED) is 0.736. The molecule has 1 aliphatic heterocycles. The Labute approximate surface area is 128 Å². The molecule has 126 valence electrons. The molecule has 0 bridgehead atoms. The van der Waals surface area contributed by atoms with Crippen LogP contribution in [0.4, 0.5) is 0 Å². The van der Waals surface area contributed by atoms with Gasteiger partial charge in [0, 0.05) is 28.9 Å². The minimum Gasteiger partial charge on any atom is -0.378 e. The number of nitrogens with two attached hydrogens (primary N) is 1. The number of likely N-dealkylation sites (tertiary alicyclic amines) is 1. The van der Waals surface area contributed by atoms with Gasteiger partial charge in [0.15, 0.2) is 0 Å². The molecule has 1 rings (SSSR count). The summed E-state index contributed by atoms with van der Waals surface area (Å²) in [6.07, 6.45) is 2.18. The number of nitrogens with one attached hydrogen (secondary N) is 1. The largest absolute Gasteiger partial charge is 0.378 e. The summed E-state index contributed by atoms with van der Waals surface area (Å²) in [6, 6.07) is 0.386. The van der Waals surface area contributed by atoms with Crippen LogP contribution in [0.25, 0.3) is 0 Å². The maximum absolute atomic E-state index is 10.6. The van der Waals surface area contributed by atoms with E-state index in [1.54, 1.807) is 0 Å². The zero-order chi connectivity index (χ0) is 15.8. The lowest BCUT2D eigenvalue weighted by molar-refractivity contribution is -0.119. The van der Waals surface area contributed by atoms with E-state index in [1.165, 1.54) is 6.92 Å². The van der Waals surface area contributed by atoms with Crippen molar-refractivity contribution < 1.29 is 12.4 Å². The molecule has 0 saturated carbocycles. The highest BCUT2D eigenvalue weighted by atomic mass is 16.5. The van der Waals surface area contributed by atoms with Crippen molar-refractivity contribution in [1.82, 2.24) is 10.2 Å². The summed E-state index contributed by atoms with van der Waals surface area (Å²) >= 11 is 0. The van der Waals surface area contributed by atoms with Crippen LogP contribution >= 0.6 is 0 Å². The number of carbonyl (C=O) groups is 1. The van der Waals surface area contributed by atoms with Crippen LogP contribution in [0, 0.1) is 0 Å². The fourth-order valence-corrected chi connectivity index (χ4v) is 1.77. The average molecular weight is 293 g/mol. The van der Waals surface area contributed by atoms with Gasteiger partial charge in [0.1, 0.15) is 0 Å². The first-order valence-corrected chi connectivity index (χ1v) is 7.98. The lowest BCUT2D eigenvalue weighted by Crippen LogP contribution is -2.41. The van der Waals surface area contributed by atoms with Gasteiger partial charge in [-0.2, -0.15) is 0 Å². The third-order valence-electron chi connectivity index (χ3n) is 2.80. The molecule has 0 aromatic heterocycles. The molecule has 0 aromatic rings. The molecule has 1 saturated heterocycles. The number of carbonyl (C=O) groups excluding carboxylic acids is 1. The van der Waals surface area contributed by atoms with Crippen LogP contribution in [0.1, 0.15) is 50.3 Å². The molecule has 1 heterocycles. The Morgan fingerprint density at radius 3 is 2.30 bits per heavy atom. The summed E-state index contributed by atoms with van der Waals surface area (Å²) in [6.45, 7) is 14.6. The van der Waals surface area contributed by atoms with E-state index in [2.05, 4.69) is 10.2 Å². The first-order chi connectivity index (χ1) is 9.68. The second kappa shape index (κ2) is 16.4. The highest BCUT2D eigenvalue weighted by molar-refractivity contribution is 5.72. The highest BCUT2D eigenvalue weighted by Crippen LogP contribution is 2.07. The molecule has 0 spiro atoms. The Morgan fingerprint density at radius 2 is 1.80 bits per heavy atom. The van der Waals surface area contributed by atoms with Gasteiger partial charge in [-0.3, -0.25) is 4.79 Å². The van der Waals surface area contributed by atoms with E-state index in [0.717, 1.165) is 39.1 Å². The summed E-state index contributed by atoms with van der Waals surface area (Å²) in [5.41, 5.74) is 5.82. The third-order valence-corrected chi connectivity index (χ3v) is 2.80. The molecule has 3 N–H and O–H groups in total. The van der Waals surface area contributed by atoms with Crippen LogP contribution in [0.15, 0.2) is 0 Å². The third kappa shape index (κ3) is 13.8. The highest BCUT2D eigenvalue weighted by Gasteiger charge is 2.14. The van der Waals surface area contributed by atoms with Crippen LogP contribution in [-0.2, 0) is 9.53 Å². The predicted molar refractivity (Wildman–Crippen MR) is 90.1 cm³/mol. The van der Waals surface area contributed by atoms with Gasteiger partial charge in [-0.15, -0.1) is 0 Å². The van der Waals surface area contributed by atoms with Gasteiger partial charge in [-0.05, 0) is 25.9 Å². The molecule has 5 heteroatoms. The van der Waals surface area contributed by atoms with Gasteiger partial charge in [-0.25, -0.2) is 0 Å². The normalized spacial score (nSPS) is 15.5. The summed E-state index contributed by atoms with van der Waals surface area (Å²) in [7, 11) is 0. The number of nitrogens with zero attached hydrogens (tertiary/aromatic N) is 1. The number of hydrogen-bond donors (Lipinski definition) is 2. The zero-order valence-corrected chi connectivity index (χ0v) is 14.1. The molecular formula is C15H39N3O2. The first kappa shape index (κ1) is 21.6. The lowest BCUT2D eigenvalue weighted by Gasteiger charge is -2.29. The number of ether oxygens (including phenoxy) is 1. The molecule has 5 nitrogen and oxygen atoms in total. The van der Waals surface area contributed by atoms with E-state index in [4.69, 9.17) is 10.5 Å². The van der Waals surface area contributed by atoms with E-state index in [1.807, 2.05) is 27.7 Å². The minimum atomic E-state index is -0.00591. The van der Waals surface area contributed by atoms with Gasteiger partial charge >= 0.3 is 0 Å². The standard InChI is InChI=1S/C11H23N3O2.2C2H6.2H2/c1-10(15)13-4-8-16-9-7-14-5-2-11(12)3-6-14;2*1-2;;/h11H,2-9,12H2,1H3,(H,13,15);2*1-2H3;2*1H. The van der Waals surface area contributed by atoms with Crippen molar-refractivity contribution in [1.29, 1.82) is 0 Å². The fraction of sp³-hybridized carbons (Fsp3) is 0.933. The average Bonchev–Trinajstić information content (AvgIpc) is 2.48. The van der Waals surface area contributed by atoms with Crippen LogP contribution < -0.4 is 11.1 Å². The molecule has 1 fully saturated rings. The predicted octanol–water partition coefficient (Wildman–Crippen LogP) is 2.11. The lowest BCUT2D eigenvalue weighted by atomic mass is 10.1. The molecule has 0 aromatic carbocycles. The molecule has 1 amide bonds. The van der Waals surface area contributed by atoms with Crippen LogP contribution in [-0.4, -0.2) is 56.2 Å². The minimum absolute atomic E-state index is 0. The van der Waals surface area contributed by atoms with Crippen LogP contribution in [0.3, 0.4) is 0 Å². The fourth-order valence-electron chi connectivity index (χ4n) is 1.77. The van der Waals surface area contributed by atoms with Crippen molar-refractivity contribution in [2.45, 2.75) is 53.5 Å². The second-order valence-electron chi connectivity index (χ2n) is 4.27. The maximum Gasteiger partial charge on any atom is 0.216 e. The van der Waals surface area contributed by atoms with E-state index in [9.17, 15) is 4.79 Å². The van der Waals surface area contributed by atoms with Gasteiger partial charge in [0.2, 0.25) is 5.91 Å². The Bertz CT molecular complexity index is 215. The molecule has 1 aliphatic rings. The zero-order valence-electron chi connectivity index (χ0n) is 14.1. The van der Waals surface area contributed by atoms with Crippen molar-refractivity contribution in [2.75, 3.05) is 39.4 Å². The molecule has 0 radical (unpaired) electrons. The summed E-state index contributed by atoms with van der Waals surface area (Å²) < 4.78 is 5.43. The number of hydrogen-bond acceptors (Lipinski definition) is 4. The molecule has 0 unspecified atom stereocenters. The number of rotatable bonds is 6. The Balaban J connectivity index is -0.000000249. The smallest absolute Gasteiger partial charge is 0.216 e. The summed E-state index contributed by atoms with van der Waals surface area (Å²) in [5.74, 6) is -0.00591. The summed E-state index contributed by atoms with van der Waals surface area (Å²) in [5, 5.41) is 2.70. The Hall–Kier alpha value is -0.650. The number of piperidine rings is 1. The topological polar surface area (TPSA) is 67.6 Å². The molecule has 0 aliphatic carbocycles. The van der Waals surface area contributed by atoms with Crippen LogP contribution in [0.2, 0.25) is 0 Å². The van der Waals surface area contributed by atoms with Crippen molar-refractivity contribution >= 4 is 5.91 Å². The molecule has 20 heavy (non-hydrogen) atoms. The monoisotopic (exact) mass is 293 g/mol. The Kier molecular flexibility index (Phi) is 17.8. The van der Waals surface area contributed by atoms with Gasteiger partial charge < -0.3 is 20.7 Å². The van der Waals surface area contributed by atoms with E-state index in [-0.39, 0.29) is 8.76 Å². The van der Waals surface area contributed by atoms with E-state index >= 15 is 0 Å². The van der Waals surface area contributed by atoms with Crippen molar-refractivity contribution in [2.24, 2.45) is 5.73 Å².